The smallest absolute Gasteiger partial charge is 0.184 e. The number of nitriles is 1. The number of para-hydroxylation sites is 2. The number of aromatic nitrogens is 5. The Morgan fingerprint density at radius 2 is 0.889 bits per heavy atom. The number of hydrogen-bond acceptors (Lipinski definition) is 6. The lowest BCUT2D eigenvalue weighted by Crippen LogP contribution is -2.04. The predicted molar refractivity (Wildman–Crippen MR) is 139 cm³/mol. The van der Waals surface area contributed by atoms with Crippen LogP contribution in [-0.4, -0.2) is 24.9 Å². The predicted octanol–water partition coefficient (Wildman–Crippen LogP) is 6.35. The molecule has 2 aromatic heterocycles. The van der Waals surface area contributed by atoms with Crippen LogP contribution in [0.1, 0.15) is 5.56 Å². The normalized spacial score (nSPS) is 10.8. The SMILES string of the molecule is N#Cc1ccc(-c2nc3ccccc3nc2-c2nc(-c3ccccc3)nc(-c3ccccc3)n2)cc1. The van der Waals surface area contributed by atoms with Crippen LogP contribution >= 0.6 is 0 Å². The van der Waals surface area contributed by atoms with E-state index < -0.39 is 0 Å². The number of hydrogen-bond donors (Lipinski definition) is 0. The summed E-state index contributed by atoms with van der Waals surface area (Å²) < 4.78 is 0. The molecule has 6 aromatic rings. The van der Waals surface area contributed by atoms with Crippen molar-refractivity contribution in [3.8, 4) is 51.6 Å². The zero-order chi connectivity index (χ0) is 24.3. The Kier molecular flexibility index (Phi) is 5.41. The first kappa shape index (κ1) is 21.3. The molecule has 36 heavy (non-hydrogen) atoms. The maximum atomic E-state index is 9.25. The van der Waals surface area contributed by atoms with Gasteiger partial charge in [0.05, 0.1) is 22.7 Å². The van der Waals surface area contributed by atoms with Crippen LogP contribution in [0.4, 0.5) is 0 Å². The van der Waals surface area contributed by atoms with E-state index in [-0.39, 0.29) is 0 Å². The van der Waals surface area contributed by atoms with Crippen molar-refractivity contribution in [1.82, 2.24) is 24.9 Å². The van der Waals surface area contributed by atoms with E-state index in [1.165, 1.54) is 0 Å². The molecule has 0 aliphatic carbocycles. The van der Waals surface area contributed by atoms with Gasteiger partial charge >= 0.3 is 0 Å². The lowest BCUT2D eigenvalue weighted by molar-refractivity contribution is 1.06. The van der Waals surface area contributed by atoms with E-state index in [1.807, 2.05) is 97.1 Å². The topological polar surface area (TPSA) is 88.2 Å². The minimum absolute atomic E-state index is 0.431. The van der Waals surface area contributed by atoms with Crippen molar-refractivity contribution in [2.45, 2.75) is 0 Å². The molecule has 0 saturated carbocycles. The van der Waals surface area contributed by atoms with Crippen LogP contribution in [0.15, 0.2) is 109 Å². The molecule has 0 amide bonds. The van der Waals surface area contributed by atoms with Gasteiger partial charge in [-0.1, -0.05) is 84.9 Å². The van der Waals surface area contributed by atoms with Crippen LogP contribution in [0, 0.1) is 11.3 Å². The minimum Gasteiger partial charge on any atom is -0.244 e. The molecule has 4 aromatic carbocycles. The van der Waals surface area contributed by atoms with Gasteiger partial charge in [-0.15, -0.1) is 0 Å². The van der Waals surface area contributed by atoms with Crippen molar-refractivity contribution in [2.75, 3.05) is 0 Å². The van der Waals surface area contributed by atoms with Crippen molar-refractivity contribution in [2.24, 2.45) is 0 Å². The molecule has 168 valence electrons. The van der Waals surface area contributed by atoms with Gasteiger partial charge < -0.3 is 0 Å². The highest BCUT2D eigenvalue weighted by Gasteiger charge is 2.19. The lowest BCUT2D eigenvalue weighted by Gasteiger charge is -2.12. The highest BCUT2D eigenvalue weighted by atomic mass is 15.1. The number of fused-ring (bicyclic) bond motifs is 1. The van der Waals surface area contributed by atoms with Gasteiger partial charge in [-0.3, -0.25) is 0 Å². The van der Waals surface area contributed by atoms with E-state index in [9.17, 15) is 5.26 Å². The molecular formula is C30H18N6. The summed E-state index contributed by atoms with van der Waals surface area (Å²) in [4.78, 5) is 24.4. The molecule has 6 rings (SSSR count). The molecule has 6 nitrogen and oxygen atoms in total. The number of rotatable bonds is 4. The average molecular weight is 463 g/mol. The van der Waals surface area contributed by atoms with Crippen LogP contribution in [-0.2, 0) is 0 Å². The zero-order valence-corrected chi connectivity index (χ0v) is 19.1. The molecule has 0 N–H and O–H groups in total. The molecule has 0 spiro atoms. The summed E-state index contributed by atoms with van der Waals surface area (Å²) in [6.07, 6.45) is 0. The van der Waals surface area contributed by atoms with Gasteiger partial charge in [0, 0.05) is 16.7 Å². The van der Waals surface area contributed by atoms with Gasteiger partial charge in [0.15, 0.2) is 17.5 Å². The molecule has 2 heterocycles. The Morgan fingerprint density at radius 3 is 1.42 bits per heavy atom. The second-order valence-electron chi connectivity index (χ2n) is 8.14. The molecule has 6 heteroatoms. The monoisotopic (exact) mass is 462 g/mol. The fourth-order valence-electron chi connectivity index (χ4n) is 3.97. The van der Waals surface area contributed by atoms with Crippen LogP contribution in [0.3, 0.4) is 0 Å². The summed E-state index contributed by atoms with van der Waals surface area (Å²) >= 11 is 0. The van der Waals surface area contributed by atoms with Crippen LogP contribution in [0.2, 0.25) is 0 Å². The van der Waals surface area contributed by atoms with E-state index >= 15 is 0 Å². The van der Waals surface area contributed by atoms with E-state index in [0.717, 1.165) is 27.7 Å². The Bertz CT molecular complexity index is 1670. The quantitative estimate of drug-likeness (QED) is 0.303. The Labute approximate surface area is 207 Å². The standard InChI is InChI=1S/C30H18N6/c31-19-20-15-17-21(18-16-20)26-27(33-25-14-8-7-13-24(25)32-26)30-35-28(22-9-3-1-4-10-22)34-29(36-30)23-11-5-2-6-12-23/h1-18H. The van der Waals surface area contributed by atoms with Crippen molar-refractivity contribution >= 4 is 11.0 Å². The van der Waals surface area contributed by atoms with Crippen molar-refractivity contribution < 1.29 is 0 Å². The Balaban J connectivity index is 1.63. The third-order valence-corrected chi connectivity index (χ3v) is 5.77. The second kappa shape index (κ2) is 9.16. The molecule has 0 unspecified atom stereocenters. The molecule has 0 bridgehead atoms. The molecule has 0 radical (unpaired) electrons. The first-order valence-electron chi connectivity index (χ1n) is 11.4. The van der Waals surface area contributed by atoms with Crippen LogP contribution < -0.4 is 0 Å². The summed E-state index contributed by atoms with van der Waals surface area (Å²) in [7, 11) is 0. The molecule has 0 saturated heterocycles. The fraction of sp³-hybridized carbons (Fsp3) is 0. The largest absolute Gasteiger partial charge is 0.244 e. The first-order chi connectivity index (χ1) is 17.8. The van der Waals surface area contributed by atoms with Gasteiger partial charge in [0.25, 0.3) is 0 Å². The van der Waals surface area contributed by atoms with Gasteiger partial charge in [-0.05, 0) is 24.3 Å². The number of nitrogens with zero attached hydrogens (tertiary/aromatic N) is 6. The van der Waals surface area contributed by atoms with Crippen LogP contribution in [0.5, 0.6) is 0 Å². The van der Waals surface area contributed by atoms with Gasteiger partial charge in [0.1, 0.15) is 11.4 Å². The van der Waals surface area contributed by atoms with Crippen LogP contribution in [0.25, 0.3) is 56.6 Å². The third-order valence-electron chi connectivity index (χ3n) is 5.77. The summed E-state index contributed by atoms with van der Waals surface area (Å²) in [5.41, 5.74) is 5.86. The van der Waals surface area contributed by atoms with Crippen molar-refractivity contribution in [3.05, 3.63) is 115 Å². The lowest BCUT2D eigenvalue weighted by atomic mass is 10.1. The summed E-state index contributed by atoms with van der Waals surface area (Å²) in [5, 5.41) is 9.25. The molecule has 0 aliphatic heterocycles. The fourth-order valence-corrected chi connectivity index (χ4v) is 3.97. The maximum absolute atomic E-state index is 9.25. The first-order valence-corrected chi connectivity index (χ1v) is 11.4. The Hall–Kier alpha value is -5.28. The minimum atomic E-state index is 0.431. The Morgan fingerprint density at radius 1 is 0.417 bits per heavy atom. The van der Waals surface area contributed by atoms with Gasteiger partial charge in [-0.2, -0.15) is 5.26 Å². The molecule has 0 fully saturated rings. The van der Waals surface area contributed by atoms with Crippen molar-refractivity contribution in [1.29, 1.82) is 5.26 Å². The highest BCUT2D eigenvalue weighted by molar-refractivity contribution is 5.85. The number of benzene rings is 4. The third kappa shape index (κ3) is 4.06. The van der Waals surface area contributed by atoms with E-state index in [2.05, 4.69) is 6.07 Å². The van der Waals surface area contributed by atoms with E-state index in [0.29, 0.717) is 34.4 Å². The molecular weight excluding hydrogens is 444 g/mol. The highest BCUT2D eigenvalue weighted by Crippen LogP contribution is 2.31. The zero-order valence-electron chi connectivity index (χ0n) is 19.1. The van der Waals surface area contributed by atoms with Gasteiger partial charge in [-0.25, -0.2) is 24.9 Å². The average Bonchev–Trinajstić information content (AvgIpc) is 2.97. The summed E-state index contributed by atoms with van der Waals surface area (Å²) in [5.74, 6) is 1.54. The summed E-state index contributed by atoms with van der Waals surface area (Å²) in [6.45, 7) is 0. The van der Waals surface area contributed by atoms with Gasteiger partial charge in [0.2, 0.25) is 0 Å². The molecule has 0 atom stereocenters. The molecule has 0 aliphatic rings. The second-order valence-corrected chi connectivity index (χ2v) is 8.14. The van der Waals surface area contributed by atoms with E-state index in [1.54, 1.807) is 12.1 Å². The maximum Gasteiger partial charge on any atom is 0.184 e. The van der Waals surface area contributed by atoms with Crippen molar-refractivity contribution in [3.63, 3.8) is 0 Å². The summed E-state index contributed by atoms with van der Waals surface area (Å²) in [6, 6.07) is 36.8. The van der Waals surface area contributed by atoms with E-state index in [4.69, 9.17) is 24.9 Å².